The second-order valence-electron chi connectivity index (χ2n) is 37.2. The largest absolute Gasteiger partial charge is 0.388 e. The molecule has 0 amide bonds. The Morgan fingerprint density at radius 3 is 0.844 bits per heavy atom. The quantitative estimate of drug-likeness (QED) is 0.0133. The van der Waals surface area contributed by atoms with Crippen LogP contribution < -0.4 is 56.5 Å². The lowest BCUT2D eigenvalue weighted by Crippen LogP contribution is -2.32. The maximum absolute atomic E-state index is 12.3. The van der Waals surface area contributed by atoms with Gasteiger partial charge in [-0.1, -0.05) is 74.2 Å². The second-order valence-corrected chi connectivity index (χ2v) is 63.3. The smallest absolute Gasteiger partial charge is 0.280 e. The highest BCUT2D eigenvalue weighted by atomic mass is 32.2. The molecule has 0 radical (unpaired) electrons. The van der Waals surface area contributed by atoms with Crippen molar-refractivity contribution in [1.82, 2.24) is 97.6 Å². The summed E-state index contributed by atoms with van der Waals surface area (Å²) in [5.74, 6) is 2.01. The van der Waals surface area contributed by atoms with Gasteiger partial charge in [-0.25, -0.2) is 19.9 Å². The number of H-pyrrole nitrogens is 6. The standard InChI is InChI=1S/C18H30N5O4PS.C17H28N5O4PS.C16H26N5O4PS.C15H24N5O4PS.C14H22N5O4PS/c1-5-6-9-29-18-20-11-14(21-17(19)22-15(11)26)23(18)16-13(25)12(24)10(27-16)7-8-28(2,3)4;1-5-8-28-17-19-10-13(20-16(18)21-14(10)25)22(17)15-12(24)11(23)9(26-15)6-7-27(2,3)4;1-5-27-16-18-9-12(19-15(17)20-13(9)24)21(16)14-11(23)10(22)8(25-14)6-7-26(2,3)4;1-25(2,3)6-5-7-9(21)10(22)13(24-7)20-11-8(17-15(20)26-4)12(23)19-14(16)18-11;1-24(2,3)5-4-6-8(20)9(21)12(23-6)19-10-7(16-14(19)25)11(22)18-13(15)17-10/h10,12-13,16,24-25H,2,5-9H2,1,3-4H3,(H3,19,21,22,26);9,11-12,15,23-24H,2,5-8H2,1,3-4H3,(H3,18,20,21,25);8,10-11,14,22-23H,2,5-7H2,1,3-4H3,(H3,17,19,20,24);7,9-10,13,21-22H,1,5-6H2,2-4H3,(H3,16,18,19,23);6,8-9,12,20-21H,1,4-5H2,2-3H3,(H,16,25)(H3,15,17,18,22)/t10-,12-,13-,16?;9-,11-,12-,15?;8-,10-,11-,14?;7-,9-,10-,13?;6-,8-,9-,12?/m11111/s1. The third-order valence-electron chi connectivity index (χ3n) is 22.4. The van der Waals surface area contributed by atoms with Crippen LogP contribution in [0.25, 0.3) is 55.8 Å². The first-order valence-corrected chi connectivity index (χ1v) is 63.4. The monoisotopic (exact) mass is 2080 g/mol. The van der Waals surface area contributed by atoms with Gasteiger partial charge in [0.15, 0.2) is 112 Å². The van der Waals surface area contributed by atoms with Crippen LogP contribution in [0.3, 0.4) is 0 Å². The first kappa shape index (κ1) is 109. The number of nitrogens with one attached hydrogen (secondary N) is 6. The van der Waals surface area contributed by atoms with Crippen molar-refractivity contribution in [3.05, 3.63) is 56.5 Å². The molecule has 45 nitrogen and oxygen atoms in total. The summed E-state index contributed by atoms with van der Waals surface area (Å²) in [4.78, 5) is 114. The van der Waals surface area contributed by atoms with E-state index in [1.165, 1.54) is 56.2 Å². The summed E-state index contributed by atoms with van der Waals surface area (Å²) in [6, 6.07) is 0. The van der Waals surface area contributed by atoms with Crippen LogP contribution in [0.1, 0.15) is 103 Å². The number of ether oxygens (including phenoxy) is 5. The van der Waals surface area contributed by atoms with Crippen molar-refractivity contribution in [3.8, 4) is 0 Å². The lowest BCUT2D eigenvalue weighted by atomic mass is 10.1. The molecule has 0 saturated carbocycles. The van der Waals surface area contributed by atoms with Gasteiger partial charge in [0.1, 0.15) is 61.0 Å². The highest BCUT2D eigenvalue weighted by molar-refractivity contribution is 7.99. The molecule has 15 heterocycles. The van der Waals surface area contributed by atoms with Gasteiger partial charge in [-0.3, -0.25) is 71.7 Å². The van der Waals surface area contributed by atoms with Crippen molar-refractivity contribution in [2.24, 2.45) is 0 Å². The Labute approximate surface area is 799 Å². The van der Waals surface area contributed by atoms with Crippen LogP contribution in [0.15, 0.2) is 44.6 Å². The van der Waals surface area contributed by atoms with E-state index in [9.17, 15) is 75.0 Å². The lowest BCUT2D eigenvalue weighted by Gasteiger charge is -2.19. The Balaban J connectivity index is 0.000000162. The van der Waals surface area contributed by atoms with Crippen LogP contribution in [0, 0.1) is 4.77 Å². The van der Waals surface area contributed by atoms with Gasteiger partial charge in [0.05, 0.1) is 30.5 Å². The lowest BCUT2D eigenvalue weighted by molar-refractivity contribution is -0.0400. The second kappa shape index (κ2) is 44.6. The van der Waals surface area contributed by atoms with Gasteiger partial charge in [0, 0.05) is 11.5 Å². The number of aromatic nitrogens is 20. The minimum absolute atomic E-state index is 0.0399. The number of nitrogens with zero attached hydrogens (tertiary/aromatic N) is 14. The van der Waals surface area contributed by atoms with Gasteiger partial charge in [-0.05, 0) is 167 Å². The number of aliphatic hydroxyl groups excluding tert-OH is 10. The molecule has 135 heavy (non-hydrogen) atoms. The number of imidazole rings is 5. The molecule has 5 aliphatic rings. The number of aromatic amines is 6. The van der Waals surface area contributed by atoms with Crippen molar-refractivity contribution in [3.63, 3.8) is 0 Å². The summed E-state index contributed by atoms with van der Waals surface area (Å²) in [5, 5.41) is 107. The molecule has 5 saturated heterocycles. The SMILES string of the molecule is C=P(C)(C)CC[C@H]1OC(n2c(=S)[nH]c3c(=O)[nH]c(N)nc32)[C@H](O)[C@@H]1O.C=P(C)(C)CC[C@H]1OC(n2c(SC)nc3c(=O)[nH]c(N)nc32)[C@H](O)[C@@H]1O.C=P(C)(C)CC[C@H]1OC(n2c(SCC)nc3c(=O)[nH]c(N)nc32)[C@H](O)[C@@H]1O.C=P(C)(C)CC[C@H]1OC(n2c(SCCC)nc3c(=O)[nH]c(N)nc32)[C@H](O)[C@@H]1O.C=P(C)(C)CC[C@H]1OC(n2c(SCCCC)nc3c(=O)[nH]c(N)nc32)[C@H](O)[C@@H]1O. The molecule has 0 aromatic carbocycles. The highest BCUT2D eigenvalue weighted by Crippen LogP contribution is 2.48. The van der Waals surface area contributed by atoms with Gasteiger partial charge < -0.3 is 108 Å². The molecular formula is C80H130N25O20P5S5. The number of thioether (sulfide) groups is 4. The number of aliphatic hydroxyl groups is 10. The van der Waals surface area contributed by atoms with Crippen LogP contribution in [0.5, 0.6) is 0 Å². The average Bonchev–Trinajstić information content (AvgIpc) is 1.61. The topological polar surface area (TPSA) is 699 Å². The molecule has 5 fully saturated rings. The van der Waals surface area contributed by atoms with Gasteiger partial charge in [0.25, 0.3) is 27.8 Å². The minimum Gasteiger partial charge on any atom is -0.388 e. The Bertz CT molecular complexity index is 6530. The summed E-state index contributed by atoms with van der Waals surface area (Å²) >= 11 is 10.8. The van der Waals surface area contributed by atoms with E-state index >= 15 is 0 Å². The first-order chi connectivity index (χ1) is 63.1. The average molecular weight is 2080 g/mol. The van der Waals surface area contributed by atoms with Crippen LogP contribution >= 0.6 is 93.7 Å². The van der Waals surface area contributed by atoms with Crippen molar-refractivity contribution < 1.29 is 74.7 Å². The predicted octanol–water partition coefficient (Wildman–Crippen LogP) is 2.99. The Hall–Kier alpha value is -6.73. The molecule has 5 aliphatic heterocycles. The molecular weight excluding hydrogens is 1950 g/mol. The minimum atomic E-state index is -1.29. The number of hydrogen-bond acceptors (Lipinski definition) is 39. The summed E-state index contributed by atoms with van der Waals surface area (Å²) in [6.07, 6.45) is 14.3. The fraction of sp³-hybridized carbons (Fsp3) is 0.625. The van der Waals surface area contributed by atoms with Crippen molar-refractivity contribution in [1.29, 1.82) is 0 Å². The van der Waals surface area contributed by atoms with E-state index in [2.05, 4.69) is 180 Å². The Morgan fingerprint density at radius 1 is 0.341 bits per heavy atom. The molecule has 55 heteroatoms. The molecule has 0 aliphatic carbocycles. The third-order valence-corrected chi connectivity index (χ3v) is 33.7. The van der Waals surface area contributed by atoms with Crippen LogP contribution in [-0.4, -0.2) is 393 Å². The fourth-order valence-corrected chi connectivity index (χ4v) is 23.8. The number of rotatable bonds is 30. The number of hydrogen-bond donors (Lipinski definition) is 21. The molecule has 15 rings (SSSR count). The van der Waals surface area contributed by atoms with Gasteiger partial charge in [-0.15, -0.1) is 65.9 Å². The molecule has 5 unspecified atom stereocenters. The van der Waals surface area contributed by atoms with E-state index in [0.29, 0.717) is 58.5 Å². The van der Waals surface area contributed by atoms with Gasteiger partial charge in [0.2, 0.25) is 29.7 Å². The maximum atomic E-state index is 12.3. The molecule has 10 aromatic rings. The molecule has 0 bridgehead atoms. The van der Waals surface area contributed by atoms with E-state index in [0.717, 1.165) is 61.6 Å². The summed E-state index contributed by atoms with van der Waals surface area (Å²) in [7, 11) is 0. The highest BCUT2D eigenvalue weighted by Gasteiger charge is 2.51. The third kappa shape index (κ3) is 26.0. The van der Waals surface area contributed by atoms with Crippen LogP contribution in [0.4, 0.5) is 29.7 Å². The molecule has 750 valence electrons. The molecule has 26 N–H and O–H groups in total. The summed E-state index contributed by atoms with van der Waals surface area (Å²) in [6.45, 7) is 20.7. The van der Waals surface area contributed by atoms with E-state index in [4.69, 9.17) is 64.6 Å². The molecule has 20 atom stereocenters. The van der Waals surface area contributed by atoms with E-state index in [1.807, 2.05) is 13.8 Å². The Kier molecular flexibility index (Phi) is 35.9. The number of nitrogens with two attached hydrogens (primary N) is 5. The van der Waals surface area contributed by atoms with Gasteiger partial charge >= 0.3 is 0 Å². The van der Waals surface area contributed by atoms with Gasteiger partial charge in [-0.2, -0.15) is 24.9 Å². The first-order valence-electron chi connectivity index (χ1n) is 43.5. The van der Waals surface area contributed by atoms with E-state index < -0.39 is 185 Å². The zero-order valence-corrected chi connectivity index (χ0v) is 86.4. The van der Waals surface area contributed by atoms with Crippen molar-refractivity contribution >= 4 is 211 Å². The summed E-state index contributed by atoms with van der Waals surface area (Å²) < 4.78 is 37.8. The molecule has 10 aromatic heterocycles. The predicted molar refractivity (Wildman–Crippen MR) is 552 cm³/mol. The number of anilines is 5. The van der Waals surface area contributed by atoms with E-state index in [-0.39, 0.29) is 90.3 Å². The number of unbranched alkanes of at least 4 members (excludes halogenated alkanes) is 1. The maximum Gasteiger partial charge on any atom is 0.280 e. The number of fused-ring (bicyclic) bond motifs is 5. The van der Waals surface area contributed by atoms with Crippen LogP contribution in [-0.2, 0) is 23.7 Å². The number of nitrogen functional groups attached to an aromatic ring is 5. The van der Waals surface area contributed by atoms with Crippen molar-refractivity contribution in [2.45, 2.75) is 215 Å². The zero-order valence-electron chi connectivity index (χ0n) is 77.9. The fourth-order valence-electron chi connectivity index (χ4n) is 15.5. The Morgan fingerprint density at radius 2 is 0.585 bits per heavy atom. The van der Waals surface area contributed by atoms with Crippen LogP contribution in [0.2, 0.25) is 0 Å². The summed E-state index contributed by atoms with van der Waals surface area (Å²) in [5.41, 5.74) is 27.9. The zero-order chi connectivity index (χ0) is 99.7. The normalized spacial score (nSPS) is 26.1. The molecule has 0 spiro atoms. The van der Waals surface area contributed by atoms with E-state index in [1.54, 1.807) is 20.0 Å². The van der Waals surface area contributed by atoms with Crippen molar-refractivity contribution in [2.75, 3.05) is 150 Å².